The lowest BCUT2D eigenvalue weighted by molar-refractivity contribution is -0.130. The van der Waals surface area contributed by atoms with Gasteiger partial charge in [-0.3, -0.25) is 4.79 Å². The number of aromatic nitrogens is 1. The maximum atomic E-state index is 12.7. The number of hydrogen-bond donors (Lipinski definition) is 0. The van der Waals surface area contributed by atoms with Crippen LogP contribution < -0.4 is 9.64 Å². The lowest BCUT2D eigenvalue weighted by Crippen LogP contribution is -2.49. The largest absolute Gasteiger partial charge is 0.494 e. The van der Waals surface area contributed by atoms with Gasteiger partial charge in [-0.05, 0) is 49.2 Å². The van der Waals surface area contributed by atoms with Crippen molar-refractivity contribution in [3.05, 3.63) is 53.6 Å². The van der Waals surface area contributed by atoms with Gasteiger partial charge in [-0.15, -0.1) is 0 Å². The van der Waals surface area contributed by atoms with E-state index in [1.165, 1.54) is 10.3 Å². The Morgan fingerprint density at radius 1 is 1.11 bits per heavy atom. The predicted molar refractivity (Wildman–Crippen MR) is 114 cm³/mol. The Morgan fingerprint density at radius 2 is 1.86 bits per heavy atom. The molecule has 4 rings (SSSR count). The van der Waals surface area contributed by atoms with Gasteiger partial charge >= 0.3 is 0 Å². The van der Waals surface area contributed by atoms with E-state index in [1.807, 2.05) is 36.1 Å². The Kier molecular flexibility index (Phi) is 5.48. The molecule has 0 aliphatic carbocycles. The minimum atomic E-state index is 0.184. The maximum Gasteiger partial charge on any atom is 0.227 e. The fraction of sp³-hybridized carbons (Fsp3) is 0.364. The first-order chi connectivity index (χ1) is 13.6. The van der Waals surface area contributed by atoms with Crippen molar-refractivity contribution in [2.75, 3.05) is 37.7 Å². The topological polar surface area (TPSA) is 45.7 Å². The third kappa shape index (κ3) is 4.12. The molecule has 2 aromatic carbocycles. The second kappa shape index (κ2) is 8.19. The molecule has 3 aromatic rings. The average molecular weight is 396 g/mol. The summed E-state index contributed by atoms with van der Waals surface area (Å²) < 4.78 is 6.68. The summed E-state index contributed by atoms with van der Waals surface area (Å²) in [7, 11) is 0. The molecule has 1 aromatic heterocycles. The number of ether oxygens (including phenoxy) is 1. The Balaban J connectivity index is 1.34. The summed E-state index contributed by atoms with van der Waals surface area (Å²) in [4.78, 5) is 21.7. The van der Waals surface area contributed by atoms with Crippen molar-refractivity contribution < 1.29 is 9.53 Å². The van der Waals surface area contributed by atoms with E-state index in [1.54, 1.807) is 11.3 Å². The number of amides is 1. The molecule has 0 N–H and O–H groups in total. The molecule has 1 fully saturated rings. The van der Waals surface area contributed by atoms with Gasteiger partial charge in [0.25, 0.3) is 0 Å². The average Bonchev–Trinajstić information content (AvgIpc) is 3.13. The van der Waals surface area contributed by atoms with Crippen LogP contribution in [0.1, 0.15) is 18.1 Å². The number of hydrogen-bond acceptors (Lipinski definition) is 5. The molecule has 0 saturated carbocycles. The number of rotatable bonds is 5. The molecule has 0 bridgehead atoms. The van der Waals surface area contributed by atoms with Crippen molar-refractivity contribution in [2.24, 2.45) is 0 Å². The molecule has 0 radical (unpaired) electrons. The summed E-state index contributed by atoms with van der Waals surface area (Å²) in [5.74, 6) is 1.03. The molecular weight excluding hydrogens is 370 g/mol. The van der Waals surface area contributed by atoms with Crippen molar-refractivity contribution >= 4 is 32.6 Å². The smallest absolute Gasteiger partial charge is 0.227 e. The fourth-order valence-electron chi connectivity index (χ4n) is 3.46. The van der Waals surface area contributed by atoms with E-state index in [0.29, 0.717) is 13.0 Å². The highest BCUT2D eigenvalue weighted by molar-refractivity contribution is 7.22. The van der Waals surface area contributed by atoms with Crippen LogP contribution in [0.3, 0.4) is 0 Å². The quantitative estimate of drug-likeness (QED) is 0.657. The number of anilines is 1. The van der Waals surface area contributed by atoms with Crippen LogP contribution in [-0.4, -0.2) is 48.6 Å². The molecule has 1 aliphatic heterocycles. The molecule has 5 nitrogen and oxygen atoms in total. The van der Waals surface area contributed by atoms with Crippen LogP contribution in [0.15, 0.2) is 42.5 Å². The Labute approximate surface area is 169 Å². The van der Waals surface area contributed by atoms with E-state index < -0.39 is 0 Å². The summed E-state index contributed by atoms with van der Waals surface area (Å²) in [6.45, 7) is 7.86. The normalized spacial score (nSPS) is 14.5. The molecule has 1 amide bonds. The van der Waals surface area contributed by atoms with E-state index >= 15 is 0 Å². The van der Waals surface area contributed by atoms with Gasteiger partial charge in [0, 0.05) is 26.2 Å². The third-order valence-corrected chi connectivity index (χ3v) is 6.10. The zero-order valence-corrected chi connectivity index (χ0v) is 17.2. The molecule has 1 saturated heterocycles. The van der Waals surface area contributed by atoms with E-state index in [4.69, 9.17) is 9.72 Å². The zero-order valence-electron chi connectivity index (χ0n) is 16.4. The minimum absolute atomic E-state index is 0.184. The summed E-state index contributed by atoms with van der Waals surface area (Å²) >= 11 is 1.73. The number of nitrogens with zero attached hydrogens (tertiary/aromatic N) is 3. The second-order valence-corrected chi connectivity index (χ2v) is 8.10. The summed E-state index contributed by atoms with van der Waals surface area (Å²) in [5, 5.41) is 1.05. The van der Waals surface area contributed by atoms with Crippen molar-refractivity contribution in [1.29, 1.82) is 0 Å². The molecule has 2 heterocycles. The number of aryl methyl sites for hydroxylation is 1. The van der Waals surface area contributed by atoms with Gasteiger partial charge < -0.3 is 14.5 Å². The Morgan fingerprint density at radius 3 is 2.57 bits per heavy atom. The van der Waals surface area contributed by atoms with Crippen LogP contribution in [0.5, 0.6) is 5.75 Å². The van der Waals surface area contributed by atoms with Gasteiger partial charge in [-0.1, -0.05) is 29.5 Å². The van der Waals surface area contributed by atoms with Crippen LogP contribution in [0, 0.1) is 6.92 Å². The van der Waals surface area contributed by atoms with Crippen molar-refractivity contribution in [3.63, 3.8) is 0 Å². The highest BCUT2D eigenvalue weighted by Gasteiger charge is 2.23. The highest BCUT2D eigenvalue weighted by atomic mass is 32.1. The number of benzene rings is 2. The van der Waals surface area contributed by atoms with Crippen molar-refractivity contribution in [2.45, 2.75) is 20.3 Å². The van der Waals surface area contributed by atoms with Gasteiger partial charge in [0.1, 0.15) is 5.75 Å². The Bertz CT molecular complexity index is 960. The molecule has 0 atom stereocenters. The number of fused-ring (bicyclic) bond motifs is 1. The lowest BCUT2D eigenvalue weighted by atomic mass is 10.1. The van der Waals surface area contributed by atoms with Gasteiger partial charge in [-0.2, -0.15) is 0 Å². The molecular formula is C22H25N3O2S. The molecule has 6 heteroatoms. The van der Waals surface area contributed by atoms with Gasteiger partial charge in [-0.25, -0.2) is 4.98 Å². The number of thiazole rings is 1. The minimum Gasteiger partial charge on any atom is -0.494 e. The van der Waals surface area contributed by atoms with Crippen LogP contribution in [0.4, 0.5) is 5.13 Å². The number of carbonyl (C=O) groups is 1. The molecule has 0 unspecified atom stereocenters. The van der Waals surface area contributed by atoms with Crippen LogP contribution >= 0.6 is 11.3 Å². The lowest BCUT2D eigenvalue weighted by Gasteiger charge is -2.34. The van der Waals surface area contributed by atoms with Gasteiger partial charge in [0.05, 0.1) is 23.2 Å². The van der Waals surface area contributed by atoms with E-state index in [2.05, 4.69) is 30.0 Å². The first kappa shape index (κ1) is 18.7. The molecule has 28 heavy (non-hydrogen) atoms. The van der Waals surface area contributed by atoms with Crippen LogP contribution in [0.25, 0.3) is 10.2 Å². The zero-order chi connectivity index (χ0) is 19.5. The summed E-state index contributed by atoms with van der Waals surface area (Å²) in [5.41, 5.74) is 3.34. The number of carbonyl (C=O) groups excluding carboxylic acids is 1. The standard InChI is InChI=1S/C22H25N3O2S/c1-3-27-18-7-5-17(6-8-18)15-21(26)24-10-12-25(13-11-24)22-23-19-9-4-16(2)14-20(19)28-22/h4-9,14H,3,10-13,15H2,1-2H3. The van der Waals surface area contributed by atoms with Crippen molar-refractivity contribution in [1.82, 2.24) is 9.88 Å². The van der Waals surface area contributed by atoms with Crippen LogP contribution in [0.2, 0.25) is 0 Å². The number of piperazine rings is 1. The molecule has 146 valence electrons. The first-order valence-electron chi connectivity index (χ1n) is 9.74. The van der Waals surface area contributed by atoms with Crippen molar-refractivity contribution in [3.8, 4) is 5.75 Å². The predicted octanol–water partition coefficient (Wildman–Crippen LogP) is 3.89. The second-order valence-electron chi connectivity index (χ2n) is 7.09. The Hall–Kier alpha value is -2.60. The van der Waals surface area contributed by atoms with Crippen LogP contribution in [-0.2, 0) is 11.2 Å². The fourth-order valence-corrected chi connectivity index (χ4v) is 4.57. The highest BCUT2D eigenvalue weighted by Crippen LogP contribution is 2.30. The van der Waals surface area contributed by atoms with Gasteiger partial charge in [0.2, 0.25) is 5.91 Å². The van der Waals surface area contributed by atoms with E-state index in [9.17, 15) is 4.79 Å². The first-order valence-corrected chi connectivity index (χ1v) is 10.6. The third-order valence-electron chi connectivity index (χ3n) is 5.03. The SMILES string of the molecule is CCOc1ccc(CC(=O)N2CCN(c3nc4ccc(C)cc4s3)CC2)cc1. The van der Waals surface area contributed by atoms with E-state index in [0.717, 1.165) is 48.1 Å². The van der Waals surface area contributed by atoms with Gasteiger partial charge in [0.15, 0.2) is 5.13 Å². The maximum absolute atomic E-state index is 12.7. The summed E-state index contributed by atoms with van der Waals surface area (Å²) in [6.07, 6.45) is 0.437. The summed E-state index contributed by atoms with van der Waals surface area (Å²) in [6, 6.07) is 14.2. The molecule has 0 spiro atoms. The molecule has 1 aliphatic rings. The monoisotopic (exact) mass is 395 g/mol. The van der Waals surface area contributed by atoms with E-state index in [-0.39, 0.29) is 5.91 Å².